The van der Waals surface area contributed by atoms with E-state index in [2.05, 4.69) is 103 Å². The van der Waals surface area contributed by atoms with Crippen molar-refractivity contribution in [3.8, 4) is 11.8 Å². The molecule has 1 aromatic heterocycles. The normalized spacial score (nSPS) is 13.0. The minimum Gasteiger partial charge on any atom is -0.350 e. The standard InChI is InChI=1S/C26H23N/c1-3-26(22-14-8-5-9-15-22,19-18-21-12-6-4-7-13-21)24-20-27(2)25-17-11-10-16-23(24)25/h4-17,20H,3H2,1-2H3. The van der Waals surface area contributed by atoms with Crippen LogP contribution < -0.4 is 0 Å². The number of aromatic nitrogens is 1. The van der Waals surface area contributed by atoms with Gasteiger partial charge in [0.15, 0.2) is 0 Å². The number of hydrogen-bond acceptors (Lipinski definition) is 0. The summed E-state index contributed by atoms with van der Waals surface area (Å²) in [6.07, 6.45) is 3.16. The van der Waals surface area contributed by atoms with Gasteiger partial charge in [-0.05, 0) is 30.2 Å². The quantitative estimate of drug-likeness (QED) is 0.404. The molecule has 0 aliphatic heterocycles. The summed E-state index contributed by atoms with van der Waals surface area (Å²) >= 11 is 0. The highest BCUT2D eigenvalue weighted by Gasteiger charge is 2.33. The molecule has 1 nitrogen and oxygen atoms in total. The SMILES string of the molecule is CCC(C#Cc1ccccc1)(c1ccccc1)c1cn(C)c2ccccc12. The minimum atomic E-state index is -0.349. The van der Waals surface area contributed by atoms with Crippen LogP contribution in [0.5, 0.6) is 0 Å². The molecule has 0 spiro atoms. The zero-order chi connectivity index (χ0) is 18.7. The second kappa shape index (κ2) is 7.17. The van der Waals surface area contributed by atoms with Crippen molar-refractivity contribution in [2.24, 2.45) is 7.05 Å². The molecule has 1 heterocycles. The van der Waals surface area contributed by atoms with Gasteiger partial charge < -0.3 is 4.57 Å². The monoisotopic (exact) mass is 349 g/mol. The van der Waals surface area contributed by atoms with E-state index in [0.717, 1.165) is 12.0 Å². The molecule has 0 amide bonds. The maximum absolute atomic E-state index is 3.67. The number of benzene rings is 3. The zero-order valence-electron chi connectivity index (χ0n) is 15.8. The lowest BCUT2D eigenvalue weighted by atomic mass is 9.73. The molecule has 1 unspecified atom stereocenters. The Morgan fingerprint density at radius 2 is 1.44 bits per heavy atom. The average molecular weight is 349 g/mol. The van der Waals surface area contributed by atoms with Gasteiger partial charge in [0.2, 0.25) is 0 Å². The number of aryl methyl sites for hydroxylation is 1. The Bertz CT molecular complexity index is 1110. The molecule has 0 saturated carbocycles. The highest BCUT2D eigenvalue weighted by molar-refractivity contribution is 5.86. The number of hydrogen-bond donors (Lipinski definition) is 0. The topological polar surface area (TPSA) is 4.93 Å². The number of rotatable bonds is 3. The third-order valence-electron chi connectivity index (χ3n) is 5.35. The number of para-hydroxylation sites is 1. The van der Waals surface area contributed by atoms with E-state index >= 15 is 0 Å². The summed E-state index contributed by atoms with van der Waals surface area (Å²) in [6.45, 7) is 2.23. The van der Waals surface area contributed by atoms with Gasteiger partial charge in [-0.2, -0.15) is 0 Å². The van der Waals surface area contributed by atoms with Crippen molar-refractivity contribution in [2.75, 3.05) is 0 Å². The van der Waals surface area contributed by atoms with Crippen molar-refractivity contribution in [3.63, 3.8) is 0 Å². The summed E-state index contributed by atoms with van der Waals surface area (Å²) in [5, 5.41) is 1.27. The molecule has 1 heteroatoms. The first-order valence-electron chi connectivity index (χ1n) is 9.43. The van der Waals surface area contributed by atoms with Crippen LogP contribution in [0, 0.1) is 11.8 Å². The molecule has 132 valence electrons. The van der Waals surface area contributed by atoms with E-state index in [9.17, 15) is 0 Å². The first-order valence-corrected chi connectivity index (χ1v) is 9.43. The molecular weight excluding hydrogens is 326 g/mol. The van der Waals surface area contributed by atoms with Crippen LogP contribution in [0.25, 0.3) is 10.9 Å². The van der Waals surface area contributed by atoms with Crippen molar-refractivity contribution in [1.29, 1.82) is 0 Å². The maximum Gasteiger partial charge on any atom is 0.0833 e. The van der Waals surface area contributed by atoms with E-state index in [0.29, 0.717) is 0 Å². The molecule has 0 fully saturated rings. The largest absolute Gasteiger partial charge is 0.350 e. The van der Waals surface area contributed by atoms with Gasteiger partial charge in [0.05, 0.1) is 5.41 Å². The van der Waals surface area contributed by atoms with Crippen LogP contribution in [-0.2, 0) is 12.5 Å². The highest BCUT2D eigenvalue weighted by atomic mass is 14.9. The van der Waals surface area contributed by atoms with Gasteiger partial charge in [-0.25, -0.2) is 0 Å². The van der Waals surface area contributed by atoms with Crippen LogP contribution in [0.1, 0.15) is 30.0 Å². The fourth-order valence-corrected chi connectivity index (χ4v) is 3.88. The van der Waals surface area contributed by atoms with Crippen molar-refractivity contribution >= 4 is 10.9 Å². The lowest BCUT2D eigenvalue weighted by Crippen LogP contribution is -2.25. The summed E-state index contributed by atoms with van der Waals surface area (Å²) in [5.74, 6) is 7.12. The van der Waals surface area contributed by atoms with Crippen molar-refractivity contribution < 1.29 is 0 Å². The molecular formula is C26H23N. The van der Waals surface area contributed by atoms with Gasteiger partial charge in [-0.3, -0.25) is 0 Å². The van der Waals surface area contributed by atoms with Gasteiger partial charge in [0.1, 0.15) is 0 Å². The van der Waals surface area contributed by atoms with Gasteiger partial charge in [-0.15, -0.1) is 0 Å². The molecule has 0 aliphatic carbocycles. The smallest absolute Gasteiger partial charge is 0.0833 e. The fraction of sp³-hybridized carbons (Fsp3) is 0.154. The van der Waals surface area contributed by atoms with E-state index < -0.39 is 0 Å². The van der Waals surface area contributed by atoms with Crippen LogP contribution >= 0.6 is 0 Å². The summed E-state index contributed by atoms with van der Waals surface area (Å²) in [7, 11) is 2.11. The molecule has 27 heavy (non-hydrogen) atoms. The Morgan fingerprint density at radius 3 is 2.15 bits per heavy atom. The Hall–Kier alpha value is -3.24. The average Bonchev–Trinajstić information content (AvgIpc) is 3.08. The van der Waals surface area contributed by atoms with Gasteiger partial charge in [0, 0.05) is 35.3 Å². The lowest BCUT2D eigenvalue weighted by molar-refractivity contribution is 0.643. The first kappa shape index (κ1) is 17.2. The third-order valence-corrected chi connectivity index (χ3v) is 5.35. The number of nitrogens with zero attached hydrogens (tertiary/aromatic N) is 1. The molecule has 0 aliphatic rings. The van der Waals surface area contributed by atoms with Crippen molar-refractivity contribution in [2.45, 2.75) is 18.8 Å². The maximum atomic E-state index is 3.67. The van der Waals surface area contributed by atoms with Gasteiger partial charge in [0.25, 0.3) is 0 Å². The molecule has 1 atom stereocenters. The summed E-state index contributed by atoms with van der Waals surface area (Å²) in [5.41, 5.74) is 4.46. The van der Waals surface area contributed by atoms with Crippen LogP contribution in [0.15, 0.2) is 91.1 Å². The van der Waals surface area contributed by atoms with E-state index in [1.165, 1.54) is 22.0 Å². The van der Waals surface area contributed by atoms with Crippen molar-refractivity contribution in [1.82, 2.24) is 4.57 Å². The van der Waals surface area contributed by atoms with Crippen molar-refractivity contribution in [3.05, 3.63) is 108 Å². The summed E-state index contributed by atoms with van der Waals surface area (Å²) in [6, 6.07) is 29.5. The van der Waals surface area contributed by atoms with Crippen LogP contribution in [0.4, 0.5) is 0 Å². The first-order chi connectivity index (χ1) is 13.2. The van der Waals surface area contributed by atoms with Crippen LogP contribution in [0.3, 0.4) is 0 Å². The zero-order valence-corrected chi connectivity index (χ0v) is 15.8. The molecule has 4 rings (SSSR count). The molecule has 0 N–H and O–H groups in total. The van der Waals surface area contributed by atoms with E-state index in [1.54, 1.807) is 0 Å². The molecule has 3 aromatic carbocycles. The molecule has 0 saturated heterocycles. The molecule has 4 aromatic rings. The van der Waals surface area contributed by atoms with Crippen LogP contribution in [-0.4, -0.2) is 4.57 Å². The van der Waals surface area contributed by atoms with Crippen LogP contribution in [0.2, 0.25) is 0 Å². The second-order valence-electron chi connectivity index (χ2n) is 6.91. The van der Waals surface area contributed by atoms with E-state index in [4.69, 9.17) is 0 Å². The predicted octanol–water partition coefficient (Wildman–Crippen LogP) is 5.93. The summed E-state index contributed by atoms with van der Waals surface area (Å²) in [4.78, 5) is 0. The summed E-state index contributed by atoms with van der Waals surface area (Å²) < 4.78 is 2.21. The Balaban J connectivity index is 2.00. The molecule has 0 radical (unpaired) electrons. The molecule has 0 bridgehead atoms. The predicted molar refractivity (Wildman–Crippen MR) is 114 cm³/mol. The Morgan fingerprint density at radius 1 is 0.815 bits per heavy atom. The van der Waals surface area contributed by atoms with Gasteiger partial charge in [-0.1, -0.05) is 85.5 Å². The Kier molecular flexibility index (Phi) is 4.57. The Labute approximate surface area is 161 Å². The third kappa shape index (κ3) is 3.04. The minimum absolute atomic E-state index is 0.349. The van der Waals surface area contributed by atoms with E-state index in [-0.39, 0.29) is 5.41 Å². The lowest BCUT2D eigenvalue weighted by Gasteiger charge is -2.28. The van der Waals surface area contributed by atoms with E-state index in [1.807, 2.05) is 18.2 Å². The fourth-order valence-electron chi connectivity index (χ4n) is 3.88. The number of fused-ring (bicyclic) bond motifs is 1. The second-order valence-corrected chi connectivity index (χ2v) is 6.91. The highest BCUT2D eigenvalue weighted by Crippen LogP contribution is 2.39. The van der Waals surface area contributed by atoms with Gasteiger partial charge >= 0.3 is 0 Å².